The SMILES string of the molecule is COc1cc(COc2cc(COc3ccnc(-c4cc(OCc5cc(OCc6cc(OC)cc(OC)c6)cc(OCc6cc(OC)cc(OC)c6)c5)ccn4)c3)cc(OCc3cc(OC)cc(OC)c3)c2)cc(OC)c1.O=S(=O)([O-])C(F)(F)F.O=S(=O)([O-])C(F)(F)F.[Cu+2]. The second-order valence-corrected chi connectivity index (χ2v) is 21.5. The van der Waals surface area contributed by atoms with Gasteiger partial charge in [-0.1, -0.05) is 0 Å². The van der Waals surface area contributed by atoms with Crippen molar-refractivity contribution in [1.82, 2.24) is 9.97 Å². The van der Waals surface area contributed by atoms with Crippen molar-refractivity contribution in [3.8, 4) is 91.9 Å². The molecule has 0 aliphatic heterocycles. The predicted molar refractivity (Wildman–Crippen MR) is 316 cm³/mol. The van der Waals surface area contributed by atoms with Crippen LogP contribution in [0.1, 0.15) is 33.4 Å². The van der Waals surface area contributed by atoms with Gasteiger partial charge in [-0.2, -0.15) is 26.3 Å². The van der Waals surface area contributed by atoms with Gasteiger partial charge in [-0.25, -0.2) is 16.8 Å². The van der Waals surface area contributed by atoms with Gasteiger partial charge in [0.05, 0.1) is 68.3 Å². The molecule has 0 bridgehead atoms. The number of nitrogens with zero attached hydrogens (tertiary/aromatic N) is 2. The Hall–Kier alpha value is -9.26. The molecule has 0 aliphatic carbocycles. The second-order valence-electron chi connectivity index (χ2n) is 18.8. The summed E-state index contributed by atoms with van der Waals surface area (Å²) in [5, 5.41) is 0. The molecule has 8 rings (SSSR count). The zero-order valence-corrected chi connectivity index (χ0v) is 53.1. The molecule has 0 unspecified atom stereocenters. The minimum Gasteiger partial charge on any atom is -0.741 e. The first-order valence-electron chi connectivity index (χ1n) is 26.5. The number of ether oxygens (including phenoxy) is 14. The van der Waals surface area contributed by atoms with Gasteiger partial charge in [-0.15, -0.1) is 0 Å². The summed E-state index contributed by atoms with van der Waals surface area (Å²) in [7, 11) is 0.697. The summed E-state index contributed by atoms with van der Waals surface area (Å²) < 4.78 is 200. The van der Waals surface area contributed by atoms with Crippen LogP contribution in [0.3, 0.4) is 0 Å². The van der Waals surface area contributed by atoms with Crippen LogP contribution in [-0.2, 0) is 76.9 Å². The minimum absolute atomic E-state index is 0. The first kappa shape index (κ1) is 74.5. The first-order chi connectivity index (χ1) is 43.6. The quantitative estimate of drug-likeness (QED) is 0.0200. The van der Waals surface area contributed by atoms with Crippen molar-refractivity contribution in [2.75, 3.05) is 56.9 Å². The number of aromatic nitrogens is 2. The van der Waals surface area contributed by atoms with Crippen LogP contribution in [-0.4, -0.2) is 104 Å². The van der Waals surface area contributed by atoms with E-state index >= 15 is 0 Å². The van der Waals surface area contributed by atoms with E-state index in [1.165, 1.54) is 0 Å². The van der Waals surface area contributed by atoms with Gasteiger partial charge in [0.2, 0.25) is 0 Å². The van der Waals surface area contributed by atoms with E-state index in [4.69, 9.17) is 92.3 Å². The molecule has 0 atom stereocenters. The third kappa shape index (κ3) is 23.7. The molecule has 0 saturated carbocycles. The number of halogens is 6. The Morgan fingerprint density at radius 1 is 0.301 bits per heavy atom. The molecule has 22 nitrogen and oxygen atoms in total. The Labute approximate surface area is 542 Å². The van der Waals surface area contributed by atoms with Crippen molar-refractivity contribution in [2.24, 2.45) is 0 Å². The molecule has 31 heteroatoms. The number of methoxy groups -OCH3 is 8. The fourth-order valence-electron chi connectivity index (χ4n) is 7.84. The topological polar surface area (TPSA) is 269 Å². The standard InChI is InChI=1S/C60H60N2O14.2CHF3O3S.Cu/c1-63-47-13-39(14-48(25-47)64-2)35-73-55-21-43(22-56(29-55)74-36-40-15-49(65-3)26-50(16-40)66-4)33-71-45-9-11-61-59(31-45)60-32-46(10-12-62-60)72-34-44-23-57(75-37-41-17-51(67-5)27-52(18-41)68-6)30-58(24-44)76-38-42-19-53(69-7)28-54(20-42)70-8;2*2-1(3,4)8(5,6)7;/h9-32H,33-38H2,1-8H3;2*(H,5,6,7);/q;;;+2/p-2. The monoisotopic (exact) mass is 1390 g/mol. The number of hydrogen-bond acceptors (Lipinski definition) is 22. The molecule has 6 aromatic carbocycles. The molecule has 2 heterocycles. The van der Waals surface area contributed by atoms with Crippen molar-refractivity contribution in [3.63, 3.8) is 0 Å². The zero-order valence-electron chi connectivity index (χ0n) is 50.5. The maximum atomic E-state index is 10.7. The van der Waals surface area contributed by atoms with Gasteiger partial charge < -0.3 is 75.4 Å². The number of alkyl halides is 6. The fourth-order valence-corrected chi connectivity index (χ4v) is 7.84. The van der Waals surface area contributed by atoms with Crippen molar-refractivity contribution >= 4 is 20.2 Å². The van der Waals surface area contributed by atoms with Gasteiger partial charge in [0.15, 0.2) is 20.2 Å². The van der Waals surface area contributed by atoms with Crippen LogP contribution >= 0.6 is 0 Å². The predicted octanol–water partition coefficient (Wildman–Crippen LogP) is 11.8. The van der Waals surface area contributed by atoms with Crippen molar-refractivity contribution in [3.05, 3.63) is 179 Å². The van der Waals surface area contributed by atoms with Gasteiger partial charge in [-0.3, -0.25) is 9.97 Å². The first-order valence-corrected chi connectivity index (χ1v) is 29.3. The fraction of sp³-hybridized carbons (Fsp3) is 0.258. The maximum Gasteiger partial charge on any atom is 2.00 e. The minimum atomic E-state index is -6.09. The van der Waals surface area contributed by atoms with E-state index in [0.29, 0.717) is 91.9 Å². The van der Waals surface area contributed by atoms with E-state index in [1.54, 1.807) is 81.4 Å². The molecule has 0 N–H and O–H groups in total. The molecule has 0 fully saturated rings. The third-order valence-corrected chi connectivity index (χ3v) is 13.4. The third-order valence-electron chi connectivity index (χ3n) is 12.2. The molecule has 1 radical (unpaired) electrons. The molecule has 0 amide bonds. The largest absolute Gasteiger partial charge is 2.00 e. The van der Waals surface area contributed by atoms with Crippen LogP contribution in [0.25, 0.3) is 11.4 Å². The van der Waals surface area contributed by atoms with Gasteiger partial charge >= 0.3 is 28.1 Å². The van der Waals surface area contributed by atoms with Crippen molar-refractivity contribution < 1.29 is 136 Å². The number of pyridine rings is 2. The van der Waals surface area contributed by atoms with Crippen LogP contribution in [0.5, 0.6) is 80.5 Å². The van der Waals surface area contributed by atoms with Crippen LogP contribution in [0.2, 0.25) is 0 Å². The van der Waals surface area contributed by atoms with Crippen LogP contribution < -0.4 is 66.3 Å². The Kier molecular flexibility index (Phi) is 27.6. The average Bonchev–Trinajstić information content (AvgIpc) is 1.01. The van der Waals surface area contributed by atoms with E-state index < -0.39 is 31.3 Å². The summed E-state index contributed by atoms with van der Waals surface area (Å²) in [6.45, 7) is 1.34. The molecule has 8 aromatic rings. The molecule has 2 aromatic heterocycles. The Morgan fingerprint density at radius 3 is 0.634 bits per heavy atom. The average molecular weight is 1390 g/mol. The summed E-state index contributed by atoms with van der Waals surface area (Å²) in [5.41, 5.74) is -5.08. The van der Waals surface area contributed by atoms with Gasteiger partial charge in [-0.05, 0) is 118 Å². The molecule has 93 heavy (non-hydrogen) atoms. The summed E-state index contributed by atoms with van der Waals surface area (Å²) in [6, 6.07) is 41.0. The smallest absolute Gasteiger partial charge is 0.741 e. The molecule has 0 aliphatic rings. The maximum absolute atomic E-state index is 10.7. The number of benzene rings is 6. The Balaban J connectivity index is 0.000000816. The summed E-state index contributed by atoms with van der Waals surface area (Å²) in [6.07, 6.45) is 3.35. The van der Waals surface area contributed by atoms with Gasteiger partial charge in [0.1, 0.15) is 120 Å². The van der Waals surface area contributed by atoms with Crippen LogP contribution in [0.4, 0.5) is 26.3 Å². The van der Waals surface area contributed by atoms with Gasteiger partial charge in [0.25, 0.3) is 0 Å². The summed E-state index contributed by atoms with van der Waals surface area (Å²) in [4.78, 5) is 9.25. The normalized spacial score (nSPS) is 11.1. The second kappa shape index (κ2) is 34.4. The van der Waals surface area contributed by atoms with Crippen LogP contribution in [0, 0.1) is 0 Å². The molecular weight excluding hydrogens is 1330 g/mol. The zero-order chi connectivity index (χ0) is 67.2. The van der Waals surface area contributed by atoms with Crippen molar-refractivity contribution in [1.29, 1.82) is 0 Å². The van der Waals surface area contributed by atoms with Crippen molar-refractivity contribution in [2.45, 2.75) is 50.7 Å². The van der Waals surface area contributed by atoms with E-state index in [-0.39, 0.29) is 56.7 Å². The Bertz CT molecular complexity index is 3480. The van der Waals surface area contributed by atoms with E-state index in [1.807, 2.05) is 121 Å². The molecule has 503 valence electrons. The van der Waals surface area contributed by atoms with Gasteiger partial charge in [0, 0.05) is 60.9 Å². The van der Waals surface area contributed by atoms with Crippen LogP contribution in [0.15, 0.2) is 146 Å². The Morgan fingerprint density at radius 2 is 0.462 bits per heavy atom. The molecule has 0 saturated heterocycles. The molecular formula is C62H60CuF6N2O20S2. The molecule has 0 spiro atoms. The summed E-state index contributed by atoms with van der Waals surface area (Å²) in [5.74, 6) is 8.69. The van der Waals surface area contributed by atoms with E-state index in [2.05, 4.69) is 9.97 Å². The van der Waals surface area contributed by atoms with E-state index in [0.717, 1.165) is 33.4 Å². The number of hydrogen-bond donors (Lipinski definition) is 0. The number of rotatable bonds is 27. The van der Waals surface area contributed by atoms with E-state index in [9.17, 15) is 26.3 Å². The summed E-state index contributed by atoms with van der Waals surface area (Å²) >= 11 is 0.